The number of aliphatic hydroxyl groups excluding tert-OH is 1. The van der Waals surface area contributed by atoms with E-state index in [2.05, 4.69) is 22.8 Å². The van der Waals surface area contributed by atoms with Crippen LogP contribution >= 0.6 is 0 Å². The normalized spacial score (nSPS) is 13.7. The third kappa shape index (κ3) is 5.30. The third-order valence-corrected chi connectivity index (χ3v) is 4.78. The molecule has 0 unspecified atom stereocenters. The van der Waals surface area contributed by atoms with E-state index in [1.807, 2.05) is 36.4 Å². The van der Waals surface area contributed by atoms with E-state index in [1.165, 1.54) is 0 Å². The summed E-state index contributed by atoms with van der Waals surface area (Å²) in [6.07, 6.45) is -1.27. The minimum atomic E-state index is -0.680. The summed E-state index contributed by atoms with van der Waals surface area (Å²) in [6, 6.07) is 15.5. The zero-order valence-corrected chi connectivity index (χ0v) is 17.5. The second-order valence-electron chi connectivity index (χ2n) is 8.23. The van der Waals surface area contributed by atoms with Crippen molar-refractivity contribution < 1.29 is 24.2 Å². The molecule has 7 heteroatoms. The monoisotopic (exact) mass is 412 g/mol. The fourth-order valence-corrected chi connectivity index (χ4v) is 3.49. The van der Waals surface area contributed by atoms with Gasteiger partial charge in [-0.15, -0.1) is 0 Å². The molecule has 7 nitrogen and oxygen atoms in total. The van der Waals surface area contributed by atoms with Crippen molar-refractivity contribution in [3.05, 3.63) is 59.7 Å². The minimum Gasteiger partial charge on any atom is -0.449 e. The SMILES string of the molecule is CC(C)(C)OC(=O)N[C@@H](CO)CNC(=O)OCC1c2ccccc2-c2ccccc21. The van der Waals surface area contributed by atoms with Crippen LogP contribution in [0.25, 0.3) is 11.1 Å². The predicted molar refractivity (Wildman–Crippen MR) is 113 cm³/mol. The second kappa shape index (κ2) is 9.17. The molecule has 0 saturated carbocycles. The van der Waals surface area contributed by atoms with Gasteiger partial charge in [0.25, 0.3) is 0 Å². The van der Waals surface area contributed by atoms with Gasteiger partial charge in [0.2, 0.25) is 0 Å². The molecule has 2 aromatic rings. The Morgan fingerprint density at radius 1 is 1.00 bits per heavy atom. The number of amides is 2. The lowest BCUT2D eigenvalue weighted by Gasteiger charge is -2.23. The highest BCUT2D eigenvalue weighted by atomic mass is 16.6. The van der Waals surface area contributed by atoms with E-state index in [1.54, 1.807) is 20.8 Å². The van der Waals surface area contributed by atoms with E-state index in [4.69, 9.17) is 9.47 Å². The Kier molecular flexibility index (Phi) is 6.62. The van der Waals surface area contributed by atoms with Crippen molar-refractivity contribution in [2.24, 2.45) is 0 Å². The van der Waals surface area contributed by atoms with Gasteiger partial charge >= 0.3 is 12.2 Å². The number of carbonyl (C=O) groups excluding carboxylic acids is 2. The maximum absolute atomic E-state index is 12.2. The highest BCUT2D eigenvalue weighted by molar-refractivity contribution is 5.79. The number of alkyl carbamates (subject to hydrolysis) is 2. The maximum atomic E-state index is 12.2. The molecule has 0 spiro atoms. The molecule has 0 aromatic heterocycles. The summed E-state index contributed by atoms with van der Waals surface area (Å²) in [5.74, 6) is -0.0309. The van der Waals surface area contributed by atoms with Crippen molar-refractivity contribution in [1.82, 2.24) is 10.6 Å². The van der Waals surface area contributed by atoms with Crippen molar-refractivity contribution in [2.75, 3.05) is 19.8 Å². The van der Waals surface area contributed by atoms with Crippen molar-refractivity contribution in [1.29, 1.82) is 0 Å². The molecule has 30 heavy (non-hydrogen) atoms. The summed E-state index contributed by atoms with van der Waals surface area (Å²) >= 11 is 0. The van der Waals surface area contributed by atoms with Gasteiger partial charge in [-0.25, -0.2) is 9.59 Å². The van der Waals surface area contributed by atoms with E-state index < -0.39 is 23.8 Å². The van der Waals surface area contributed by atoms with Crippen LogP contribution in [-0.2, 0) is 9.47 Å². The molecule has 0 radical (unpaired) electrons. The highest BCUT2D eigenvalue weighted by Gasteiger charge is 2.29. The number of hydrogen-bond acceptors (Lipinski definition) is 5. The average molecular weight is 412 g/mol. The van der Waals surface area contributed by atoms with E-state index in [-0.39, 0.29) is 25.7 Å². The smallest absolute Gasteiger partial charge is 0.408 e. The minimum absolute atomic E-state index is 0.0203. The number of aliphatic hydroxyl groups is 1. The predicted octanol–water partition coefficient (Wildman–Crippen LogP) is 3.41. The zero-order valence-electron chi connectivity index (χ0n) is 17.5. The number of carbonyl (C=O) groups is 2. The Hall–Kier alpha value is -3.06. The summed E-state index contributed by atoms with van der Waals surface area (Å²) in [7, 11) is 0. The van der Waals surface area contributed by atoms with Gasteiger partial charge in [-0.1, -0.05) is 48.5 Å². The summed E-state index contributed by atoms with van der Waals surface area (Å²) in [5, 5.41) is 14.5. The maximum Gasteiger partial charge on any atom is 0.408 e. The first-order chi connectivity index (χ1) is 14.3. The molecule has 0 aliphatic heterocycles. The van der Waals surface area contributed by atoms with Crippen molar-refractivity contribution >= 4 is 12.2 Å². The van der Waals surface area contributed by atoms with E-state index in [0.29, 0.717) is 0 Å². The molecule has 2 aromatic carbocycles. The molecule has 1 aliphatic rings. The summed E-state index contributed by atoms with van der Waals surface area (Å²) in [6.45, 7) is 5.11. The van der Waals surface area contributed by atoms with Crippen LogP contribution in [0.4, 0.5) is 9.59 Å². The van der Waals surface area contributed by atoms with Gasteiger partial charge in [0, 0.05) is 12.5 Å². The number of benzene rings is 2. The lowest BCUT2D eigenvalue weighted by molar-refractivity contribution is 0.0480. The highest BCUT2D eigenvalue weighted by Crippen LogP contribution is 2.44. The van der Waals surface area contributed by atoms with Gasteiger partial charge in [-0.2, -0.15) is 0 Å². The molecule has 1 aliphatic carbocycles. The fourth-order valence-electron chi connectivity index (χ4n) is 3.49. The Bertz CT molecular complexity index is 861. The lowest BCUT2D eigenvalue weighted by atomic mass is 9.98. The molecule has 3 N–H and O–H groups in total. The molecule has 0 bridgehead atoms. The van der Waals surface area contributed by atoms with Gasteiger partial charge in [0.1, 0.15) is 12.2 Å². The van der Waals surface area contributed by atoms with Crippen LogP contribution in [0.15, 0.2) is 48.5 Å². The first kappa shape index (κ1) is 21.6. The van der Waals surface area contributed by atoms with Crippen LogP contribution in [0.1, 0.15) is 37.8 Å². The summed E-state index contributed by atoms with van der Waals surface area (Å²) in [5.41, 5.74) is 3.93. The van der Waals surface area contributed by atoms with Crippen molar-refractivity contribution in [3.8, 4) is 11.1 Å². The Morgan fingerprint density at radius 3 is 2.10 bits per heavy atom. The van der Waals surface area contributed by atoms with Gasteiger partial charge in [-0.05, 0) is 43.0 Å². The number of hydrogen-bond donors (Lipinski definition) is 3. The van der Waals surface area contributed by atoms with Crippen LogP contribution < -0.4 is 10.6 Å². The Balaban J connectivity index is 1.53. The van der Waals surface area contributed by atoms with Gasteiger partial charge in [0.05, 0.1) is 12.6 Å². The fraction of sp³-hybridized carbons (Fsp3) is 0.391. The number of ether oxygens (including phenoxy) is 2. The average Bonchev–Trinajstić information content (AvgIpc) is 3.02. The van der Waals surface area contributed by atoms with Crippen molar-refractivity contribution in [2.45, 2.75) is 38.3 Å². The second-order valence-corrected chi connectivity index (χ2v) is 8.23. The van der Waals surface area contributed by atoms with Crippen LogP contribution in [0, 0.1) is 0 Å². The molecular weight excluding hydrogens is 384 g/mol. The third-order valence-electron chi connectivity index (χ3n) is 4.78. The van der Waals surface area contributed by atoms with Gasteiger partial charge in [-0.3, -0.25) is 0 Å². The quantitative estimate of drug-likeness (QED) is 0.676. The van der Waals surface area contributed by atoms with E-state index >= 15 is 0 Å². The zero-order chi connectivity index (χ0) is 21.7. The van der Waals surface area contributed by atoms with Gasteiger partial charge in [0.15, 0.2) is 0 Å². The van der Waals surface area contributed by atoms with E-state index in [0.717, 1.165) is 22.3 Å². The largest absolute Gasteiger partial charge is 0.449 e. The standard InChI is InChI=1S/C23H28N2O5/c1-23(2,3)30-22(28)25-15(13-26)12-24-21(27)29-14-20-18-10-6-4-8-16(18)17-9-5-7-11-19(17)20/h4-11,15,20,26H,12-14H2,1-3H3,(H,24,27)(H,25,28)/t15-/m1/s1. The summed E-state index contributed by atoms with van der Waals surface area (Å²) in [4.78, 5) is 24.0. The number of fused-ring (bicyclic) bond motifs is 3. The van der Waals surface area contributed by atoms with E-state index in [9.17, 15) is 14.7 Å². The first-order valence-corrected chi connectivity index (χ1v) is 9.97. The Morgan fingerprint density at radius 2 is 1.57 bits per heavy atom. The topological polar surface area (TPSA) is 96.9 Å². The molecule has 160 valence electrons. The van der Waals surface area contributed by atoms with Crippen molar-refractivity contribution in [3.63, 3.8) is 0 Å². The van der Waals surface area contributed by atoms with Crippen LogP contribution in [0.5, 0.6) is 0 Å². The van der Waals surface area contributed by atoms with Crippen LogP contribution in [0.3, 0.4) is 0 Å². The van der Waals surface area contributed by atoms with Gasteiger partial charge < -0.3 is 25.2 Å². The number of nitrogens with one attached hydrogen (secondary N) is 2. The molecule has 0 fully saturated rings. The molecule has 0 heterocycles. The molecule has 3 rings (SSSR count). The van der Waals surface area contributed by atoms with Crippen LogP contribution in [0.2, 0.25) is 0 Å². The first-order valence-electron chi connectivity index (χ1n) is 9.97. The molecule has 2 amide bonds. The Labute approximate surface area is 176 Å². The molecular formula is C23H28N2O5. The van der Waals surface area contributed by atoms with Crippen LogP contribution in [-0.4, -0.2) is 48.7 Å². The lowest BCUT2D eigenvalue weighted by Crippen LogP contribution is -2.47. The summed E-state index contributed by atoms with van der Waals surface area (Å²) < 4.78 is 10.6. The number of rotatable bonds is 6. The molecule has 0 saturated heterocycles. The molecule has 1 atom stereocenters.